The van der Waals surface area contributed by atoms with Gasteiger partial charge in [-0.1, -0.05) is 11.6 Å². The van der Waals surface area contributed by atoms with Crippen molar-refractivity contribution in [3.8, 4) is 0 Å². The fourth-order valence-electron chi connectivity index (χ4n) is 1.56. The van der Waals surface area contributed by atoms with Crippen LogP contribution < -0.4 is 5.32 Å². The summed E-state index contributed by atoms with van der Waals surface area (Å²) in [7, 11) is 0. The molecule has 0 unspecified atom stereocenters. The van der Waals surface area contributed by atoms with Crippen molar-refractivity contribution in [1.82, 2.24) is 4.98 Å². The molecule has 1 N–H and O–H groups in total. The van der Waals surface area contributed by atoms with Gasteiger partial charge in [-0.25, -0.2) is 4.98 Å². The van der Waals surface area contributed by atoms with E-state index in [1.165, 1.54) is 11.8 Å². The van der Waals surface area contributed by atoms with Crippen LogP contribution in [0, 0.1) is 10.1 Å². The van der Waals surface area contributed by atoms with Crippen molar-refractivity contribution in [1.29, 1.82) is 0 Å². The van der Waals surface area contributed by atoms with Crippen molar-refractivity contribution < 1.29 is 19.2 Å². The molecule has 1 heterocycles. The Labute approximate surface area is 155 Å². The molecule has 0 aliphatic carbocycles. The van der Waals surface area contributed by atoms with Crippen LogP contribution in [0.25, 0.3) is 0 Å². The molecule has 132 valence electrons. The van der Waals surface area contributed by atoms with Gasteiger partial charge in [-0.3, -0.25) is 25.0 Å². The Kier molecular flexibility index (Phi) is 7.16. The molecule has 0 saturated heterocycles. The second-order valence-corrected chi connectivity index (χ2v) is 7.14. The van der Waals surface area contributed by atoms with E-state index >= 15 is 0 Å². The lowest BCUT2D eigenvalue weighted by Crippen LogP contribution is -2.20. The van der Waals surface area contributed by atoms with Crippen molar-refractivity contribution in [3.63, 3.8) is 0 Å². The molecule has 1 amide bonds. The molecule has 0 saturated carbocycles. The summed E-state index contributed by atoms with van der Waals surface area (Å²) < 4.78 is 4.84. The first kappa shape index (κ1) is 19.2. The third-order valence-corrected chi connectivity index (χ3v) is 4.80. The van der Waals surface area contributed by atoms with E-state index in [-0.39, 0.29) is 16.6 Å². The van der Waals surface area contributed by atoms with Crippen molar-refractivity contribution >= 4 is 56.7 Å². The smallest absolute Gasteiger partial charge is 0.345 e. The van der Waals surface area contributed by atoms with Gasteiger partial charge in [-0.15, -0.1) is 11.8 Å². The SMILES string of the molecule is O=C(COC(=O)CCSc1ccc(Cl)cc1)Nc1ncc([N+](=O)[O-])s1. The number of thioether (sulfide) groups is 1. The molecule has 11 heteroatoms. The Morgan fingerprint density at radius 3 is 2.72 bits per heavy atom. The van der Waals surface area contributed by atoms with Gasteiger partial charge in [0.2, 0.25) is 0 Å². The zero-order chi connectivity index (χ0) is 18.2. The third-order valence-electron chi connectivity index (χ3n) is 2.67. The highest BCUT2D eigenvalue weighted by molar-refractivity contribution is 7.99. The van der Waals surface area contributed by atoms with Crippen LogP contribution >= 0.6 is 34.7 Å². The van der Waals surface area contributed by atoms with Crippen LogP contribution in [-0.2, 0) is 14.3 Å². The van der Waals surface area contributed by atoms with Crippen molar-refractivity contribution in [2.75, 3.05) is 17.7 Å². The normalized spacial score (nSPS) is 10.3. The average Bonchev–Trinajstić information content (AvgIpc) is 3.03. The van der Waals surface area contributed by atoms with Gasteiger partial charge < -0.3 is 4.74 Å². The Hall–Kier alpha value is -2.17. The summed E-state index contributed by atoms with van der Waals surface area (Å²) in [6.07, 6.45) is 1.18. The van der Waals surface area contributed by atoms with Gasteiger partial charge in [0.25, 0.3) is 5.91 Å². The van der Waals surface area contributed by atoms with Gasteiger partial charge >= 0.3 is 11.0 Å². The van der Waals surface area contributed by atoms with Gasteiger partial charge in [0.05, 0.1) is 11.3 Å². The van der Waals surface area contributed by atoms with Crippen LogP contribution in [0.1, 0.15) is 6.42 Å². The maximum atomic E-state index is 11.6. The monoisotopic (exact) mass is 401 g/mol. The number of hydrogen-bond donors (Lipinski definition) is 1. The van der Waals surface area contributed by atoms with Gasteiger partial charge in [-0.05, 0) is 35.6 Å². The molecule has 0 atom stereocenters. The number of ether oxygens (including phenoxy) is 1. The second-order valence-electron chi connectivity index (χ2n) is 4.52. The second kappa shape index (κ2) is 9.35. The molecule has 0 spiro atoms. The first-order chi connectivity index (χ1) is 11.9. The van der Waals surface area contributed by atoms with Crippen LogP contribution in [0.4, 0.5) is 10.1 Å². The number of amides is 1. The van der Waals surface area contributed by atoms with Crippen molar-refractivity contribution in [2.45, 2.75) is 11.3 Å². The molecule has 0 bridgehead atoms. The summed E-state index contributed by atoms with van der Waals surface area (Å²) in [5, 5.41) is 13.4. The number of nitrogens with zero attached hydrogens (tertiary/aromatic N) is 2. The highest BCUT2D eigenvalue weighted by Gasteiger charge is 2.14. The summed E-state index contributed by atoms with van der Waals surface area (Å²) in [5.41, 5.74) is 0. The van der Waals surface area contributed by atoms with E-state index in [4.69, 9.17) is 16.3 Å². The Morgan fingerprint density at radius 1 is 1.36 bits per heavy atom. The van der Waals surface area contributed by atoms with E-state index < -0.39 is 23.4 Å². The molecule has 0 fully saturated rings. The largest absolute Gasteiger partial charge is 0.456 e. The average molecular weight is 402 g/mol. The number of nitrogens with one attached hydrogen (secondary N) is 1. The topological polar surface area (TPSA) is 111 Å². The number of benzene rings is 1. The zero-order valence-corrected chi connectivity index (χ0v) is 15.0. The first-order valence-electron chi connectivity index (χ1n) is 6.88. The van der Waals surface area contributed by atoms with Crippen LogP contribution in [0.5, 0.6) is 0 Å². The maximum absolute atomic E-state index is 11.6. The number of thiazole rings is 1. The van der Waals surface area contributed by atoms with Crippen molar-refractivity contribution in [2.24, 2.45) is 0 Å². The Bertz CT molecular complexity index is 766. The fraction of sp³-hybridized carbons (Fsp3) is 0.214. The molecule has 0 aliphatic rings. The lowest BCUT2D eigenvalue weighted by molar-refractivity contribution is -0.380. The summed E-state index contributed by atoms with van der Waals surface area (Å²) in [4.78, 5) is 37.8. The maximum Gasteiger partial charge on any atom is 0.345 e. The van der Waals surface area contributed by atoms with Crippen LogP contribution in [0.3, 0.4) is 0 Å². The molecular weight excluding hydrogens is 390 g/mol. The molecule has 0 aliphatic heterocycles. The van der Waals surface area contributed by atoms with Gasteiger partial charge in [0, 0.05) is 15.7 Å². The fourth-order valence-corrected chi connectivity index (χ4v) is 3.17. The van der Waals surface area contributed by atoms with Crippen LogP contribution in [0.15, 0.2) is 35.4 Å². The Morgan fingerprint density at radius 2 is 2.08 bits per heavy atom. The Balaban J connectivity index is 1.65. The van der Waals surface area contributed by atoms with E-state index in [1.54, 1.807) is 12.1 Å². The van der Waals surface area contributed by atoms with Crippen LogP contribution in [0.2, 0.25) is 5.02 Å². The van der Waals surface area contributed by atoms with Gasteiger partial charge in [-0.2, -0.15) is 0 Å². The van der Waals surface area contributed by atoms with E-state index in [1.807, 2.05) is 12.1 Å². The van der Waals surface area contributed by atoms with Gasteiger partial charge in [0.15, 0.2) is 11.7 Å². The molecular formula is C14H12ClN3O5S2. The van der Waals surface area contributed by atoms with Gasteiger partial charge in [0.1, 0.15) is 6.20 Å². The standard InChI is InChI=1S/C14H12ClN3O5S2/c15-9-1-3-10(4-2-9)24-6-5-13(20)23-8-11(19)17-14-16-7-12(25-14)18(21)22/h1-4,7H,5-6,8H2,(H,16,17,19). The van der Waals surface area contributed by atoms with Crippen LogP contribution in [-0.4, -0.2) is 34.1 Å². The molecule has 1 aromatic heterocycles. The molecule has 25 heavy (non-hydrogen) atoms. The minimum Gasteiger partial charge on any atom is -0.456 e. The number of hydrogen-bond acceptors (Lipinski definition) is 8. The van der Waals surface area contributed by atoms with E-state index in [9.17, 15) is 19.7 Å². The quantitative estimate of drug-likeness (QED) is 0.312. The highest BCUT2D eigenvalue weighted by Crippen LogP contribution is 2.24. The number of carbonyl (C=O) groups excluding carboxylic acids is 2. The molecule has 2 rings (SSSR count). The van der Waals surface area contributed by atoms with E-state index in [2.05, 4.69) is 10.3 Å². The summed E-state index contributed by atoms with van der Waals surface area (Å²) in [6, 6.07) is 7.21. The molecule has 0 radical (unpaired) electrons. The number of nitro groups is 1. The lowest BCUT2D eigenvalue weighted by atomic mass is 10.4. The number of aromatic nitrogens is 1. The molecule has 2 aromatic rings. The lowest BCUT2D eigenvalue weighted by Gasteiger charge is -2.05. The summed E-state index contributed by atoms with van der Waals surface area (Å²) >= 11 is 7.97. The minimum absolute atomic E-state index is 0.0750. The predicted molar refractivity (Wildman–Crippen MR) is 95.2 cm³/mol. The molecule has 8 nitrogen and oxygen atoms in total. The highest BCUT2D eigenvalue weighted by atomic mass is 35.5. The summed E-state index contributed by atoms with van der Waals surface area (Å²) in [6.45, 7) is -0.474. The number of anilines is 1. The predicted octanol–water partition coefficient (Wildman–Crippen LogP) is 3.37. The summed E-state index contributed by atoms with van der Waals surface area (Å²) in [5.74, 6) is -0.620. The van der Waals surface area contributed by atoms with E-state index in [0.717, 1.165) is 22.4 Å². The number of esters is 1. The minimum atomic E-state index is -0.608. The first-order valence-corrected chi connectivity index (χ1v) is 9.06. The number of rotatable bonds is 8. The molecule has 1 aromatic carbocycles. The third kappa shape index (κ3) is 6.69. The van der Waals surface area contributed by atoms with E-state index in [0.29, 0.717) is 10.8 Å². The zero-order valence-electron chi connectivity index (χ0n) is 12.6. The number of carbonyl (C=O) groups is 2. The van der Waals surface area contributed by atoms with Crippen molar-refractivity contribution in [3.05, 3.63) is 45.6 Å². The number of halogens is 1.